The van der Waals surface area contributed by atoms with Crippen LogP contribution < -0.4 is 14.9 Å². The van der Waals surface area contributed by atoms with Gasteiger partial charge in [0.2, 0.25) is 0 Å². The van der Waals surface area contributed by atoms with Crippen LogP contribution in [0.15, 0.2) is 70.2 Å². The number of carbonyl (C=O) groups excluding carboxylic acids is 2. The van der Waals surface area contributed by atoms with Crippen LogP contribution in [-0.2, 0) is 0 Å². The Bertz CT molecular complexity index is 1150. The fourth-order valence-electron chi connectivity index (χ4n) is 2.46. The average Bonchev–Trinajstić information content (AvgIpc) is 2.77. The van der Waals surface area contributed by atoms with Crippen molar-refractivity contribution >= 4 is 57.2 Å². The lowest BCUT2D eigenvalue weighted by molar-refractivity contribution is 0.0734. The van der Waals surface area contributed by atoms with Crippen molar-refractivity contribution in [3.8, 4) is 11.5 Å². The summed E-state index contributed by atoms with van der Waals surface area (Å²) in [5.74, 6) is -0.108. The Balaban J connectivity index is 1.73. The fourth-order valence-corrected chi connectivity index (χ4v) is 3.14. The summed E-state index contributed by atoms with van der Waals surface area (Å²) < 4.78 is 11.3. The molecule has 1 amide bonds. The Morgan fingerprint density at radius 2 is 1.68 bits per heavy atom. The second kappa shape index (κ2) is 10.4. The highest BCUT2D eigenvalue weighted by molar-refractivity contribution is 9.10. The summed E-state index contributed by atoms with van der Waals surface area (Å²) in [6, 6.07) is 16.1. The Morgan fingerprint density at radius 3 is 2.35 bits per heavy atom. The number of hydrogen-bond donors (Lipinski definition) is 1. The van der Waals surface area contributed by atoms with Crippen molar-refractivity contribution in [3.63, 3.8) is 0 Å². The largest absolute Gasteiger partial charge is 0.497 e. The minimum atomic E-state index is -0.542. The van der Waals surface area contributed by atoms with Crippen molar-refractivity contribution in [2.75, 3.05) is 7.11 Å². The van der Waals surface area contributed by atoms with Gasteiger partial charge in [-0.2, -0.15) is 5.10 Å². The topological polar surface area (TPSA) is 77.0 Å². The summed E-state index contributed by atoms with van der Waals surface area (Å²) in [7, 11) is 1.54. The van der Waals surface area contributed by atoms with Gasteiger partial charge in [-0.05, 0) is 60.7 Å². The summed E-state index contributed by atoms with van der Waals surface area (Å²) in [5.41, 5.74) is 3.53. The maximum Gasteiger partial charge on any atom is 0.343 e. The quantitative estimate of drug-likeness (QED) is 0.194. The van der Waals surface area contributed by atoms with Crippen LogP contribution in [0, 0.1) is 0 Å². The van der Waals surface area contributed by atoms with E-state index in [1.165, 1.54) is 24.4 Å². The Kier molecular flexibility index (Phi) is 7.68. The van der Waals surface area contributed by atoms with Gasteiger partial charge < -0.3 is 9.47 Å². The third kappa shape index (κ3) is 6.07. The molecule has 3 aromatic carbocycles. The summed E-state index contributed by atoms with van der Waals surface area (Å²) in [6.07, 6.45) is 1.37. The first-order valence-corrected chi connectivity index (χ1v) is 10.4. The molecule has 3 rings (SSSR count). The molecule has 0 saturated carbocycles. The van der Waals surface area contributed by atoms with E-state index in [0.717, 1.165) is 4.47 Å². The SMILES string of the molecule is COc1ccc(C(=O)Oc2ccc(Br)cc2/C=N\NC(=O)c2ccc(Cl)c(Cl)c2)cc1. The van der Waals surface area contributed by atoms with E-state index in [9.17, 15) is 9.59 Å². The van der Waals surface area contributed by atoms with Crippen molar-refractivity contribution in [3.05, 3.63) is 91.9 Å². The lowest BCUT2D eigenvalue weighted by Crippen LogP contribution is -2.17. The number of ether oxygens (including phenoxy) is 2. The smallest absolute Gasteiger partial charge is 0.343 e. The molecule has 0 radical (unpaired) electrons. The number of hydrazone groups is 1. The van der Waals surface area contributed by atoms with E-state index < -0.39 is 11.9 Å². The first kappa shape index (κ1) is 22.8. The molecule has 0 unspecified atom stereocenters. The summed E-state index contributed by atoms with van der Waals surface area (Å²) in [4.78, 5) is 24.7. The zero-order valence-electron chi connectivity index (χ0n) is 16.1. The fraction of sp³-hybridized carbons (Fsp3) is 0.0455. The molecule has 0 atom stereocenters. The molecule has 0 aromatic heterocycles. The number of esters is 1. The standard InChI is InChI=1S/C22H15BrCl2N2O4/c1-30-17-6-2-13(3-7-17)22(29)31-20-9-5-16(23)10-15(20)12-26-27-21(28)14-4-8-18(24)19(25)11-14/h2-12H,1H3,(H,27,28)/b26-12-. The van der Waals surface area contributed by atoms with Gasteiger partial charge in [0, 0.05) is 15.6 Å². The van der Waals surface area contributed by atoms with Crippen LogP contribution in [0.5, 0.6) is 11.5 Å². The third-order valence-corrected chi connectivity index (χ3v) is 5.28. The van der Waals surface area contributed by atoms with Crippen LogP contribution in [0.25, 0.3) is 0 Å². The summed E-state index contributed by atoms with van der Waals surface area (Å²) in [5, 5.41) is 4.55. The van der Waals surface area contributed by atoms with Crippen molar-refractivity contribution < 1.29 is 19.1 Å². The average molecular weight is 522 g/mol. The van der Waals surface area contributed by atoms with E-state index in [1.54, 1.807) is 49.6 Å². The first-order chi connectivity index (χ1) is 14.9. The molecule has 0 aliphatic rings. The van der Waals surface area contributed by atoms with Gasteiger partial charge in [-0.1, -0.05) is 39.1 Å². The lowest BCUT2D eigenvalue weighted by Gasteiger charge is -2.08. The molecule has 0 bridgehead atoms. The van der Waals surface area contributed by atoms with E-state index in [-0.39, 0.29) is 10.8 Å². The number of amides is 1. The molecule has 0 saturated heterocycles. The molecular formula is C22H15BrCl2N2O4. The number of benzene rings is 3. The Morgan fingerprint density at radius 1 is 0.968 bits per heavy atom. The first-order valence-electron chi connectivity index (χ1n) is 8.81. The number of nitrogens with one attached hydrogen (secondary N) is 1. The predicted octanol–water partition coefficient (Wildman–Crippen LogP) is 5.75. The monoisotopic (exact) mass is 520 g/mol. The molecule has 0 heterocycles. The molecular weight excluding hydrogens is 507 g/mol. The van der Waals surface area contributed by atoms with Gasteiger partial charge in [-0.3, -0.25) is 4.79 Å². The molecule has 3 aromatic rings. The van der Waals surface area contributed by atoms with Crippen LogP contribution >= 0.6 is 39.1 Å². The molecule has 9 heteroatoms. The van der Waals surface area contributed by atoms with Gasteiger partial charge in [-0.25, -0.2) is 10.2 Å². The van der Waals surface area contributed by atoms with E-state index in [4.69, 9.17) is 32.7 Å². The van der Waals surface area contributed by atoms with Gasteiger partial charge in [0.15, 0.2) is 0 Å². The van der Waals surface area contributed by atoms with Crippen LogP contribution in [0.4, 0.5) is 0 Å². The molecule has 31 heavy (non-hydrogen) atoms. The van der Waals surface area contributed by atoms with E-state index in [1.807, 2.05) is 0 Å². The predicted molar refractivity (Wildman–Crippen MR) is 124 cm³/mol. The maximum atomic E-state index is 12.5. The highest BCUT2D eigenvalue weighted by Crippen LogP contribution is 2.24. The summed E-state index contributed by atoms with van der Waals surface area (Å²) in [6.45, 7) is 0. The molecule has 0 aliphatic heterocycles. The lowest BCUT2D eigenvalue weighted by atomic mass is 10.2. The summed E-state index contributed by atoms with van der Waals surface area (Å²) >= 11 is 15.2. The molecule has 158 valence electrons. The number of nitrogens with zero attached hydrogens (tertiary/aromatic N) is 1. The molecule has 0 aliphatic carbocycles. The van der Waals surface area contributed by atoms with Crippen molar-refractivity contribution in [1.82, 2.24) is 5.43 Å². The van der Waals surface area contributed by atoms with Gasteiger partial charge in [0.05, 0.1) is 28.9 Å². The van der Waals surface area contributed by atoms with Crippen LogP contribution in [0.2, 0.25) is 10.0 Å². The second-order valence-electron chi connectivity index (χ2n) is 6.13. The van der Waals surface area contributed by atoms with Crippen LogP contribution in [0.3, 0.4) is 0 Å². The number of methoxy groups -OCH3 is 1. The van der Waals surface area contributed by atoms with E-state index in [2.05, 4.69) is 26.5 Å². The Labute approximate surface area is 196 Å². The third-order valence-electron chi connectivity index (χ3n) is 4.05. The van der Waals surface area contributed by atoms with Crippen molar-refractivity contribution in [1.29, 1.82) is 0 Å². The molecule has 0 spiro atoms. The van der Waals surface area contributed by atoms with Gasteiger partial charge in [0.25, 0.3) is 5.91 Å². The molecule has 6 nitrogen and oxygen atoms in total. The number of hydrogen-bond acceptors (Lipinski definition) is 5. The number of carbonyl (C=O) groups is 2. The zero-order chi connectivity index (χ0) is 22.4. The zero-order valence-corrected chi connectivity index (χ0v) is 19.2. The van der Waals surface area contributed by atoms with Crippen LogP contribution in [-0.4, -0.2) is 25.2 Å². The maximum absolute atomic E-state index is 12.5. The minimum Gasteiger partial charge on any atom is -0.497 e. The van der Waals surface area contributed by atoms with E-state index in [0.29, 0.717) is 27.5 Å². The molecule has 1 N–H and O–H groups in total. The van der Waals surface area contributed by atoms with Crippen molar-refractivity contribution in [2.45, 2.75) is 0 Å². The van der Waals surface area contributed by atoms with Gasteiger partial charge in [0.1, 0.15) is 11.5 Å². The van der Waals surface area contributed by atoms with Gasteiger partial charge in [-0.15, -0.1) is 0 Å². The number of halogens is 3. The minimum absolute atomic E-state index is 0.262. The van der Waals surface area contributed by atoms with Crippen LogP contribution in [0.1, 0.15) is 26.3 Å². The Hall–Kier alpha value is -2.87. The number of rotatable bonds is 6. The van der Waals surface area contributed by atoms with Gasteiger partial charge >= 0.3 is 5.97 Å². The highest BCUT2D eigenvalue weighted by Gasteiger charge is 2.12. The van der Waals surface area contributed by atoms with E-state index >= 15 is 0 Å². The molecule has 0 fully saturated rings. The normalized spacial score (nSPS) is 10.7. The second-order valence-corrected chi connectivity index (χ2v) is 7.86. The highest BCUT2D eigenvalue weighted by atomic mass is 79.9. The van der Waals surface area contributed by atoms with Crippen molar-refractivity contribution in [2.24, 2.45) is 5.10 Å².